The number of rotatable bonds is 8. The van der Waals surface area contributed by atoms with Gasteiger partial charge >= 0.3 is 12.1 Å². The first-order valence-electron chi connectivity index (χ1n) is 12.2. The minimum atomic E-state index is -5.04. The molecule has 0 saturated heterocycles. The Labute approximate surface area is 221 Å². The van der Waals surface area contributed by atoms with Crippen molar-refractivity contribution in [3.05, 3.63) is 48.0 Å². The zero-order valence-electron chi connectivity index (χ0n) is 20.8. The largest absolute Gasteiger partial charge is 0.492 e. The number of alkyl halides is 6. The van der Waals surface area contributed by atoms with E-state index in [4.69, 9.17) is 4.74 Å². The number of nitrogens with zero attached hydrogens (tertiary/aromatic N) is 1. The van der Waals surface area contributed by atoms with Crippen LogP contribution in [0.5, 0.6) is 5.75 Å². The van der Waals surface area contributed by atoms with Gasteiger partial charge in [0.05, 0.1) is 16.1 Å². The van der Waals surface area contributed by atoms with Crippen LogP contribution in [0, 0.1) is 11.3 Å². The van der Waals surface area contributed by atoms with Gasteiger partial charge in [0.25, 0.3) is 0 Å². The lowest BCUT2D eigenvalue weighted by molar-refractivity contribution is -0.157. The standard InChI is InChI=1S/C26H27F6NO5S/c1-24(28,29)11-8-16-14-33(17-6-3-2-4-7-17)19-12-18(26(30,31)32)20(13-21(19)39(36,37)22(16)27)38-15-25(23(34)35)9-5-10-25/h2-4,6-7,12-13,16,22H,5,8-11,14-15H2,1H3,(H,34,35)/t16-,22+/m1/s1. The lowest BCUT2D eigenvalue weighted by atomic mass is 9.69. The fraction of sp³-hybridized carbons (Fsp3) is 0.500. The molecule has 0 spiro atoms. The first-order chi connectivity index (χ1) is 18.1. The van der Waals surface area contributed by atoms with Crippen LogP contribution in [0.4, 0.5) is 37.7 Å². The van der Waals surface area contributed by atoms with E-state index in [1.54, 1.807) is 18.2 Å². The molecule has 1 N–H and O–H groups in total. The lowest BCUT2D eigenvalue weighted by Crippen LogP contribution is -2.43. The van der Waals surface area contributed by atoms with Gasteiger partial charge in [-0.15, -0.1) is 0 Å². The maximum Gasteiger partial charge on any atom is 0.420 e. The SMILES string of the molecule is CC(F)(F)CC[C@@H]1CN(c2ccccc2)c2cc(C(F)(F)F)c(OCC3(C(=O)O)CCC3)cc2S(=O)(=O)[C@@H]1F. The van der Waals surface area contributed by atoms with Crippen LogP contribution < -0.4 is 9.64 Å². The molecule has 1 aliphatic heterocycles. The molecule has 1 heterocycles. The van der Waals surface area contributed by atoms with Crippen LogP contribution in [0.15, 0.2) is 47.4 Å². The van der Waals surface area contributed by atoms with Gasteiger partial charge in [-0.25, -0.2) is 21.6 Å². The second kappa shape index (κ2) is 10.2. The Hall–Kier alpha value is -2.96. The third-order valence-corrected chi connectivity index (χ3v) is 9.26. The van der Waals surface area contributed by atoms with Gasteiger partial charge in [-0.1, -0.05) is 24.6 Å². The highest BCUT2D eigenvalue weighted by Gasteiger charge is 2.48. The maximum absolute atomic E-state index is 15.6. The third kappa shape index (κ3) is 5.82. The Morgan fingerprint density at radius 3 is 2.28 bits per heavy atom. The van der Waals surface area contributed by atoms with Crippen LogP contribution in [-0.4, -0.2) is 44.1 Å². The van der Waals surface area contributed by atoms with Crippen LogP contribution >= 0.6 is 0 Å². The summed E-state index contributed by atoms with van der Waals surface area (Å²) in [5.74, 6) is -6.90. The highest BCUT2D eigenvalue weighted by Crippen LogP contribution is 2.48. The Morgan fingerprint density at radius 1 is 1.13 bits per heavy atom. The molecular formula is C26H27F6NO5S. The van der Waals surface area contributed by atoms with Crippen molar-refractivity contribution in [2.45, 2.75) is 61.5 Å². The van der Waals surface area contributed by atoms with Crippen LogP contribution in [0.25, 0.3) is 0 Å². The van der Waals surface area contributed by atoms with E-state index in [-0.39, 0.29) is 18.5 Å². The van der Waals surface area contributed by atoms with Crippen LogP contribution in [0.2, 0.25) is 0 Å². The maximum atomic E-state index is 15.6. The number of carboxylic acids is 1. The summed E-state index contributed by atoms with van der Waals surface area (Å²) >= 11 is 0. The smallest absolute Gasteiger partial charge is 0.420 e. The molecule has 0 bridgehead atoms. The van der Waals surface area contributed by atoms with E-state index >= 15 is 4.39 Å². The highest BCUT2D eigenvalue weighted by molar-refractivity contribution is 7.92. The molecule has 39 heavy (non-hydrogen) atoms. The van der Waals surface area contributed by atoms with E-state index in [2.05, 4.69) is 0 Å². The molecule has 4 rings (SSSR count). The summed E-state index contributed by atoms with van der Waals surface area (Å²) in [6.07, 6.45) is -5.54. The number of hydrogen-bond acceptors (Lipinski definition) is 5. The molecule has 0 radical (unpaired) electrons. The van der Waals surface area contributed by atoms with Gasteiger partial charge in [0.2, 0.25) is 21.3 Å². The number of hydrogen-bond donors (Lipinski definition) is 1. The quantitative estimate of drug-likeness (QED) is 0.355. The number of ether oxygens (including phenoxy) is 1. The molecule has 0 amide bonds. The summed E-state index contributed by atoms with van der Waals surface area (Å²) < 4.78 is 118. The minimum Gasteiger partial charge on any atom is -0.492 e. The molecule has 1 saturated carbocycles. The molecule has 2 aromatic rings. The predicted molar refractivity (Wildman–Crippen MR) is 130 cm³/mol. The molecule has 2 aliphatic rings. The third-order valence-electron chi connectivity index (χ3n) is 7.34. The summed E-state index contributed by atoms with van der Waals surface area (Å²) in [7, 11) is -4.98. The zero-order valence-corrected chi connectivity index (χ0v) is 21.7. The molecule has 0 aromatic heterocycles. The molecule has 0 unspecified atom stereocenters. The van der Waals surface area contributed by atoms with E-state index in [0.29, 0.717) is 25.5 Å². The number of para-hydroxylation sites is 1. The van der Waals surface area contributed by atoms with Crippen LogP contribution in [0.3, 0.4) is 0 Å². The molecule has 214 valence electrons. The molecule has 2 atom stereocenters. The topological polar surface area (TPSA) is 83.9 Å². The Morgan fingerprint density at radius 2 is 1.77 bits per heavy atom. The number of aliphatic carboxylic acids is 1. The van der Waals surface area contributed by atoms with Crippen molar-refractivity contribution in [3.63, 3.8) is 0 Å². The highest BCUT2D eigenvalue weighted by atomic mass is 32.2. The van der Waals surface area contributed by atoms with Crippen molar-refractivity contribution >= 4 is 27.2 Å². The monoisotopic (exact) mass is 579 g/mol. The van der Waals surface area contributed by atoms with Crippen molar-refractivity contribution in [1.29, 1.82) is 0 Å². The van der Waals surface area contributed by atoms with Gasteiger partial charge in [-0.3, -0.25) is 4.79 Å². The van der Waals surface area contributed by atoms with Crippen molar-refractivity contribution < 1.29 is 49.4 Å². The van der Waals surface area contributed by atoms with E-state index < -0.39 is 92.6 Å². The van der Waals surface area contributed by atoms with Crippen molar-refractivity contribution in [2.75, 3.05) is 18.1 Å². The minimum absolute atomic E-state index is 0.172. The van der Waals surface area contributed by atoms with Gasteiger partial charge in [0, 0.05) is 30.6 Å². The number of sulfone groups is 1. The number of halogens is 6. The molecular weight excluding hydrogens is 552 g/mol. The van der Waals surface area contributed by atoms with Gasteiger partial charge < -0.3 is 14.7 Å². The number of carboxylic acid groups (broad SMARTS) is 1. The average molecular weight is 580 g/mol. The van der Waals surface area contributed by atoms with Gasteiger partial charge in [-0.05, 0) is 44.4 Å². The number of benzene rings is 2. The Balaban J connectivity index is 1.87. The first kappa shape index (κ1) is 29.0. The molecule has 13 heteroatoms. The first-order valence-corrected chi connectivity index (χ1v) is 13.8. The summed E-state index contributed by atoms with van der Waals surface area (Å²) in [6, 6.07) is 8.76. The van der Waals surface area contributed by atoms with Gasteiger partial charge in [-0.2, -0.15) is 13.2 Å². The van der Waals surface area contributed by atoms with Crippen LogP contribution in [0.1, 0.15) is 44.6 Å². The molecule has 1 fully saturated rings. The number of anilines is 2. The predicted octanol–water partition coefficient (Wildman–Crippen LogP) is 6.61. The normalized spacial score (nSPS) is 22.4. The number of fused-ring (bicyclic) bond motifs is 1. The second-order valence-corrected chi connectivity index (χ2v) is 12.2. The van der Waals surface area contributed by atoms with E-state index in [1.807, 2.05) is 0 Å². The molecule has 1 aliphatic carbocycles. The summed E-state index contributed by atoms with van der Waals surface area (Å²) in [4.78, 5) is 12.1. The summed E-state index contributed by atoms with van der Waals surface area (Å²) in [6.45, 7) is -0.507. The van der Waals surface area contributed by atoms with Gasteiger partial charge in [0.1, 0.15) is 17.8 Å². The Bertz CT molecular complexity index is 1320. The van der Waals surface area contributed by atoms with Crippen molar-refractivity contribution in [1.82, 2.24) is 0 Å². The molecule has 2 aromatic carbocycles. The van der Waals surface area contributed by atoms with Gasteiger partial charge in [0.15, 0.2) is 0 Å². The zero-order chi connectivity index (χ0) is 28.8. The second-order valence-electron chi connectivity index (χ2n) is 10.3. The van der Waals surface area contributed by atoms with Crippen molar-refractivity contribution in [3.8, 4) is 5.75 Å². The fourth-order valence-electron chi connectivity index (χ4n) is 4.87. The van der Waals surface area contributed by atoms with E-state index in [9.17, 15) is 40.3 Å². The number of carbonyl (C=O) groups is 1. The Kier molecular flexibility index (Phi) is 7.61. The fourth-order valence-corrected chi connectivity index (χ4v) is 6.58. The summed E-state index contributed by atoms with van der Waals surface area (Å²) in [5, 5.41) is 9.53. The van der Waals surface area contributed by atoms with E-state index in [0.717, 1.165) is 0 Å². The lowest BCUT2D eigenvalue weighted by Gasteiger charge is -2.37. The molecule has 6 nitrogen and oxygen atoms in total. The van der Waals surface area contributed by atoms with Crippen LogP contribution in [-0.2, 0) is 20.8 Å². The summed E-state index contributed by atoms with van der Waals surface area (Å²) in [5.41, 5.74) is -5.72. The average Bonchev–Trinajstić information content (AvgIpc) is 2.89. The van der Waals surface area contributed by atoms with Crippen molar-refractivity contribution in [2.24, 2.45) is 11.3 Å². The van der Waals surface area contributed by atoms with E-state index in [1.165, 1.54) is 17.0 Å².